The topological polar surface area (TPSA) is 24.9 Å². The van der Waals surface area contributed by atoms with Crippen LogP contribution in [0, 0.1) is 6.92 Å². The van der Waals surface area contributed by atoms with E-state index in [-0.39, 0.29) is 0 Å². The third-order valence-corrected chi connectivity index (χ3v) is 3.65. The third-order valence-electron chi connectivity index (χ3n) is 3.65. The standard InChI is InChI=1S/C19H20N2/c1-3-11-20-19-14(2)12-17-13-16(9-10-18(17)21-19)15-7-5-4-6-8-15/h4-10,12-13H,3,11H2,1-2H3,(H,20,21). The van der Waals surface area contributed by atoms with E-state index < -0.39 is 0 Å². The van der Waals surface area contributed by atoms with Crippen molar-refractivity contribution < 1.29 is 0 Å². The lowest BCUT2D eigenvalue weighted by atomic mass is 10.0. The SMILES string of the molecule is CCCNc1nc2ccc(-c3ccccc3)cc2cc1C. The van der Waals surface area contributed by atoms with Crippen molar-refractivity contribution in [3.8, 4) is 11.1 Å². The van der Waals surface area contributed by atoms with Crippen LogP contribution in [0.4, 0.5) is 5.82 Å². The summed E-state index contributed by atoms with van der Waals surface area (Å²) in [5.74, 6) is 0.997. The molecule has 0 aliphatic rings. The predicted molar refractivity (Wildman–Crippen MR) is 90.7 cm³/mol. The number of pyridine rings is 1. The summed E-state index contributed by atoms with van der Waals surface area (Å²) in [6.45, 7) is 5.23. The van der Waals surface area contributed by atoms with Crippen molar-refractivity contribution in [2.75, 3.05) is 11.9 Å². The molecular formula is C19H20N2. The Morgan fingerprint density at radius 2 is 1.76 bits per heavy atom. The largest absolute Gasteiger partial charge is 0.370 e. The zero-order chi connectivity index (χ0) is 14.7. The van der Waals surface area contributed by atoms with Crippen molar-refractivity contribution in [1.29, 1.82) is 0 Å². The normalized spacial score (nSPS) is 10.8. The molecule has 0 spiro atoms. The molecule has 0 saturated heterocycles. The van der Waals surface area contributed by atoms with Gasteiger partial charge in [0.25, 0.3) is 0 Å². The fourth-order valence-electron chi connectivity index (χ4n) is 2.51. The molecule has 3 aromatic rings. The van der Waals surface area contributed by atoms with Crippen LogP contribution in [0.5, 0.6) is 0 Å². The Morgan fingerprint density at radius 3 is 2.52 bits per heavy atom. The van der Waals surface area contributed by atoms with E-state index in [0.717, 1.165) is 24.3 Å². The molecule has 0 radical (unpaired) electrons. The van der Waals surface area contributed by atoms with Crippen molar-refractivity contribution in [3.63, 3.8) is 0 Å². The summed E-state index contributed by atoms with van der Waals surface area (Å²) in [7, 11) is 0. The smallest absolute Gasteiger partial charge is 0.129 e. The number of nitrogens with zero attached hydrogens (tertiary/aromatic N) is 1. The number of anilines is 1. The Hall–Kier alpha value is -2.35. The van der Waals surface area contributed by atoms with E-state index in [2.05, 4.69) is 67.7 Å². The number of benzene rings is 2. The summed E-state index contributed by atoms with van der Waals surface area (Å²) < 4.78 is 0. The Bertz CT molecular complexity index is 748. The van der Waals surface area contributed by atoms with Crippen LogP contribution in [0.1, 0.15) is 18.9 Å². The van der Waals surface area contributed by atoms with E-state index in [0.29, 0.717) is 0 Å². The first-order chi connectivity index (χ1) is 10.3. The van der Waals surface area contributed by atoms with E-state index >= 15 is 0 Å². The highest BCUT2D eigenvalue weighted by molar-refractivity contribution is 5.86. The van der Waals surface area contributed by atoms with E-state index in [4.69, 9.17) is 4.98 Å². The van der Waals surface area contributed by atoms with Gasteiger partial charge < -0.3 is 5.32 Å². The van der Waals surface area contributed by atoms with Gasteiger partial charge >= 0.3 is 0 Å². The summed E-state index contributed by atoms with van der Waals surface area (Å²) >= 11 is 0. The molecular weight excluding hydrogens is 256 g/mol. The quantitative estimate of drug-likeness (QED) is 0.722. The number of aromatic nitrogens is 1. The lowest BCUT2D eigenvalue weighted by molar-refractivity contribution is 0.968. The molecule has 106 valence electrons. The van der Waals surface area contributed by atoms with Crippen LogP contribution in [0.25, 0.3) is 22.0 Å². The summed E-state index contributed by atoms with van der Waals surface area (Å²) in [5.41, 5.74) is 4.71. The molecule has 0 saturated carbocycles. The Balaban J connectivity index is 2.03. The van der Waals surface area contributed by atoms with Gasteiger partial charge in [0.05, 0.1) is 5.52 Å². The van der Waals surface area contributed by atoms with E-state index in [1.807, 2.05) is 6.07 Å². The Labute approximate surface area is 125 Å². The second kappa shape index (κ2) is 5.96. The molecule has 0 aliphatic carbocycles. The van der Waals surface area contributed by atoms with Gasteiger partial charge in [-0.3, -0.25) is 0 Å². The fraction of sp³-hybridized carbons (Fsp3) is 0.211. The molecule has 0 aliphatic heterocycles. The fourth-order valence-corrected chi connectivity index (χ4v) is 2.51. The first-order valence-corrected chi connectivity index (χ1v) is 7.48. The van der Waals surface area contributed by atoms with Gasteiger partial charge in [-0.2, -0.15) is 0 Å². The number of hydrogen-bond donors (Lipinski definition) is 1. The van der Waals surface area contributed by atoms with Gasteiger partial charge in [0.1, 0.15) is 5.82 Å². The molecule has 1 heterocycles. The van der Waals surface area contributed by atoms with Crippen molar-refractivity contribution in [2.24, 2.45) is 0 Å². The summed E-state index contributed by atoms with van der Waals surface area (Å²) in [4.78, 5) is 4.74. The lowest BCUT2D eigenvalue weighted by Crippen LogP contribution is -2.03. The van der Waals surface area contributed by atoms with Crippen LogP contribution in [0.2, 0.25) is 0 Å². The number of rotatable bonds is 4. The minimum absolute atomic E-state index is 0.960. The zero-order valence-electron chi connectivity index (χ0n) is 12.6. The van der Waals surface area contributed by atoms with Gasteiger partial charge in [-0.1, -0.05) is 43.3 Å². The monoisotopic (exact) mass is 276 g/mol. The first kappa shape index (κ1) is 13.6. The molecule has 21 heavy (non-hydrogen) atoms. The summed E-state index contributed by atoms with van der Waals surface area (Å²) in [5, 5.41) is 4.58. The maximum atomic E-state index is 4.74. The predicted octanol–water partition coefficient (Wildman–Crippen LogP) is 5.03. The molecule has 2 nitrogen and oxygen atoms in total. The van der Waals surface area contributed by atoms with Crippen molar-refractivity contribution >= 4 is 16.7 Å². The Kier molecular flexibility index (Phi) is 3.87. The van der Waals surface area contributed by atoms with Crippen molar-refractivity contribution in [2.45, 2.75) is 20.3 Å². The molecule has 3 rings (SSSR count). The maximum absolute atomic E-state index is 4.74. The van der Waals surface area contributed by atoms with E-state index in [9.17, 15) is 0 Å². The summed E-state index contributed by atoms with van der Waals surface area (Å²) in [6.07, 6.45) is 1.10. The molecule has 0 atom stereocenters. The van der Waals surface area contributed by atoms with Crippen LogP contribution in [-0.2, 0) is 0 Å². The van der Waals surface area contributed by atoms with Gasteiger partial charge in [0, 0.05) is 11.9 Å². The van der Waals surface area contributed by atoms with Gasteiger partial charge in [0.2, 0.25) is 0 Å². The molecule has 0 amide bonds. The minimum atomic E-state index is 0.960. The second-order valence-corrected chi connectivity index (χ2v) is 5.35. The van der Waals surface area contributed by atoms with Crippen LogP contribution >= 0.6 is 0 Å². The average Bonchev–Trinajstić information content (AvgIpc) is 2.53. The van der Waals surface area contributed by atoms with Crippen LogP contribution in [0.3, 0.4) is 0 Å². The number of aryl methyl sites for hydroxylation is 1. The highest BCUT2D eigenvalue weighted by Crippen LogP contribution is 2.26. The number of nitrogens with one attached hydrogen (secondary N) is 1. The summed E-state index contributed by atoms with van der Waals surface area (Å²) in [6, 6.07) is 19.1. The van der Waals surface area contributed by atoms with Crippen LogP contribution in [-0.4, -0.2) is 11.5 Å². The lowest BCUT2D eigenvalue weighted by Gasteiger charge is -2.10. The van der Waals surface area contributed by atoms with Crippen LogP contribution < -0.4 is 5.32 Å². The highest BCUT2D eigenvalue weighted by atomic mass is 15.0. The minimum Gasteiger partial charge on any atom is -0.370 e. The van der Waals surface area contributed by atoms with Crippen molar-refractivity contribution in [3.05, 3.63) is 60.2 Å². The number of hydrogen-bond acceptors (Lipinski definition) is 2. The molecule has 0 unspecified atom stereocenters. The van der Waals surface area contributed by atoms with Gasteiger partial charge in [0.15, 0.2) is 0 Å². The van der Waals surface area contributed by atoms with Gasteiger partial charge in [-0.15, -0.1) is 0 Å². The molecule has 2 heteroatoms. The Morgan fingerprint density at radius 1 is 0.952 bits per heavy atom. The van der Waals surface area contributed by atoms with Crippen LogP contribution in [0.15, 0.2) is 54.6 Å². The van der Waals surface area contributed by atoms with E-state index in [1.54, 1.807) is 0 Å². The highest BCUT2D eigenvalue weighted by Gasteiger charge is 2.05. The van der Waals surface area contributed by atoms with Crippen molar-refractivity contribution in [1.82, 2.24) is 4.98 Å². The molecule has 0 bridgehead atoms. The van der Waals surface area contributed by atoms with Gasteiger partial charge in [-0.05, 0) is 48.2 Å². The average molecular weight is 276 g/mol. The zero-order valence-corrected chi connectivity index (χ0v) is 12.6. The number of fused-ring (bicyclic) bond motifs is 1. The van der Waals surface area contributed by atoms with Gasteiger partial charge in [-0.25, -0.2) is 4.98 Å². The third kappa shape index (κ3) is 2.89. The first-order valence-electron chi connectivity index (χ1n) is 7.48. The second-order valence-electron chi connectivity index (χ2n) is 5.35. The molecule has 0 fully saturated rings. The molecule has 1 aromatic heterocycles. The molecule has 1 N–H and O–H groups in total. The van der Waals surface area contributed by atoms with E-state index in [1.165, 1.54) is 22.1 Å². The maximum Gasteiger partial charge on any atom is 0.129 e. The molecule has 2 aromatic carbocycles.